The number of esters is 2. The fourth-order valence-electron chi connectivity index (χ4n) is 4.51. The Hall–Kier alpha value is -2.33. The molecule has 288 valence electrons. The van der Waals surface area contributed by atoms with Gasteiger partial charge in [0.2, 0.25) is 0 Å². The van der Waals surface area contributed by atoms with E-state index in [1.165, 1.54) is 19.3 Å². The SMILES string of the molecule is CC/C=C/C/C=C/C/C=C/C/C=C/CCCCC(=O)O[C@H](COC(=O)CCCCCCC/C=C/CCCCC)COP(=O)(O)OC[C@@H](O)CO. The van der Waals surface area contributed by atoms with Gasteiger partial charge in [0.05, 0.1) is 19.8 Å². The molecule has 0 heterocycles. The summed E-state index contributed by atoms with van der Waals surface area (Å²) >= 11 is 0. The Morgan fingerprint density at radius 2 is 1.10 bits per heavy atom. The van der Waals surface area contributed by atoms with E-state index >= 15 is 0 Å². The zero-order chi connectivity index (χ0) is 37.0. The predicted octanol–water partition coefficient (Wildman–Crippen LogP) is 9.16. The number of aliphatic hydroxyl groups excluding tert-OH is 2. The Kier molecular flexibility index (Phi) is 33.5. The van der Waals surface area contributed by atoms with Crippen LogP contribution in [0.25, 0.3) is 0 Å². The zero-order valence-electron chi connectivity index (χ0n) is 30.8. The largest absolute Gasteiger partial charge is 0.472 e. The first kappa shape index (κ1) is 47.7. The summed E-state index contributed by atoms with van der Waals surface area (Å²) in [6.45, 7) is 2.15. The van der Waals surface area contributed by atoms with Crippen molar-refractivity contribution in [2.24, 2.45) is 0 Å². The van der Waals surface area contributed by atoms with Gasteiger partial charge in [-0.15, -0.1) is 0 Å². The van der Waals surface area contributed by atoms with Crippen molar-refractivity contribution < 1.29 is 47.8 Å². The van der Waals surface area contributed by atoms with Crippen molar-refractivity contribution in [3.05, 3.63) is 60.8 Å². The maximum absolute atomic E-state index is 12.5. The van der Waals surface area contributed by atoms with E-state index < -0.39 is 51.8 Å². The van der Waals surface area contributed by atoms with Crippen LogP contribution in [-0.4, -0.2) is 65.7 Å². The smallest absolute Gasteiger partial charge is 0.462 e. The lowest BCUT2D eigenvalue weighted by atomic mass is 10.1. The number of hydrogen-bond donors (Lipinski definition) is 3. The van der Waals surface area contributed by atoms with Crippen LogP contribution in [0.4, 0.5) is 0 Å². The quantitative estimate of drug-likeness (QED) is 0.0254. The van der Waals surface area contributed by atoms with Crippen LogP contribution in [0.2, 0.25) is 0 Å². The maximum Gasteiger partial charge on any atom is 0.472 e. The van der Waals surface area contributed by atoms with Gasteiger partial charge in [-0.1, -0.05) is 107 Å². The normalized spacial score (nSPS) is 14.7. The molecule has 0 aromatic carbocycles. The van der Waals surface area contributed by atoms with Crippen molar-refractivity contribution in [3.8, 4) is 0 Å². The van der Waals surface area contributed by atoms with Gasteiger partial charge in [0.1, 0.15) is 12.7 Å². The van der Waals surface area contributed by atoms with Crippen LogP contribution >= 0.6 is 7.82 Å². The lowest BCUT2D eigenvalue weighted by Crippen LogP contribution is -2.29. The number of hydrogen-bond acceptors (Lipinski definition) is 9. The summed E-state index contributed by atoms with van der Waals surface area (Å²) in [6.07, 6.45) is 36.2. The molecule has 0 aromatic heterocycles. The second-order valence-electron chi connectivity index (χ2n) is 12.2. The minimum atomic E-state index is -4.63. The first-order chi connectivity index (χ1) is 24.2. The molecule has 0 bridgehead atoms. The third kappa shape index (κ3) is 34.1. The minimum Gasteiger partial charge on any atom is -0.462 e. The number of carbonyl (C=O) groups is 2. The fraction of sp³-hybridized carbons (Fsp3) is 0.692. The number of phosphoric acid groups is 1. The molecule has 0 fully saturated rings. The number of carbonyl (C=O) groups excluding carboxylic acids is 2. The molecule has 0 saturated carbocycles. The van der Waals surface area contributed by atoms with Crippen molar-refractivity contribution in [3.63, 3.8) is 0 Å². The van der Waals surface area contributed by atoms with Crippen LogP contribution in [0.15, 0.2) is 60.8 Å². The molecule has 0 radical (unpaired) electrons. The lowest BCUT2D eigenvalue weighted by molar-refractivity contribution is -0.161. The van der Waals surface area contributed by atoms with E-state index in [1.807, 2.05) is 0 Å². The number of rotatable bonds is 34. The van der Waals surface area contributed by atoms with Crippen molar-refractivity contribution >= 4 is 19.8 Å². The van der Waals surface area contributed by atoms with Crippen molar-refractivity contribution in [1.82, 2.24) is 0 Å². The second kappa shape index (κ2) is 35.1. The lowest BCUT2D eigenvalue weighted by Gasteiger charge is -2.20. The van der Waals surface area contributed by atoms with Gasteiger partial charge in [0, 0.05) is 12.8 Å². The Labute approximate surface area is 302 Å². The number of allylic oxidation sites excluding steroid dienone is 10. The summed E-state index contributed by atoms with van der Waals surface area (Å²) in [4.78, 5) is 34.8. The predicted molar refractivity (Wildman–Crippen MR) is 200 cm³/mol. The molecule has 0 saturated heterocycles. The number of phosphoric ester groups is 1. The highest BCUT2D eigenvalue weighted by atomic mass is 31.2. The Morgan fingerprint density at radius 1 is 0.620 bits per heavy atom. The van der Waals surface area contributed by atoms with Crippen LogP contribution < -0.4 is 0 Å². The van der Waals surface area contributed by atoms with E-state index in [2.05, 4.69) is 79.1 Å². The molecule has 3 N–H and O–H groups in total. The van der Waals surface area contributed by atoms with Crippen molar-refractivity contribution in [2.45, 2.75) is 148 Å². The van der Waals surface area contributed by atoms with E-state index in [1.54, 1.807) is 0 Å². The third-order valence-electron chi connectivity index (χ3n) is 7.41. The molecule has 0 aliphatic heterocycles. The number of aliphatic hydroxyl groups is 2. The van der Waals surface area contributed by atoms with Gasteiger partial charge in [-0.2, -0.15) is 0 Å². The van der Waals surface area contributed by atoms with Crippen LogP contribution in [0.1, 0.15) is 136 Å². The molecule has 0 aliphatic carbocycles. The van der Waals surface area contributed by atoms with Gasteiger partial charge in [-0.25, -0.2) is 4.57 Å². The molecule has 10 nitrogen and oxygen atoms in total. The average Bonchev–Trinajstić information content (AvgIpc) is 3.10. The van der Waals surface area contributed by atoms with Gasteiger partial charge < -0.3 is 24.6 Å². The highest BCUT2D eigenvalue weighted by Gasteiger charge is 2.27. The van der Waals surface area contributed by atoms with Crippen LogP contribution in [0, 0.1) is 0 Å². The van der Waals surface area contributed by atoms with Gasteiger partial charge in [0.25, 0.3) is 0 Å². The average molecular weight is 727 g/mol. The summed E-state index contributed by atoms with van der Waals surface area (Å²) < 4.78 is 32.5. The molecule has 0 aliphatic rings. The molecule has 11 heteroatoms. The van der Waals surface area contributed by atoms with Gasteiger partial charge in [-0.05, 0) is 77.0 Å². The highest BCUT2D eigenvalue weighted by molar-refractivity contribution is 7.47. The molecular weight excluding hydrogens is 659 g/mol. The molecule has 0 spiro atoms. The van der Waals surface area contributed by atoms with E-state index in [0.717, 1.165) is 77.0 Å². The van der Waals surface area contributed by atoms with E-state index in [-0.39, 0.29) is 19.4 Å². The van der Waals surface area contributed by atoms with E-state index in [4.69, 9.17) is 19.1 Å². The monoisotopic (exact) mass is 726 g/mol. The fourth-order valence-corrected chi connectivity index (χ4v) is 5.30. The highest BCUT2D eigenvalue weighted by Crippen LogP contribution is 2.43. The summed E-state index contributed by atoms with van der Waals surface area (Å²) in [6, 6.07) is 0. The molecular formula is C39H67O10P. The molecule has 1 unspecified atom stereocenters. The standard InChI is InChI=1S/C39H67O10P/c1-3-5-7-9-11-13-15-17-18-19-21-23-25-27-29-31-39(43)49-37(35-48-50(44,45)47-33-36(41)32-40)34-46-38(42)30-28-26-24-22-20-16-14-12-10-8-6-4-2/h5,7,11-14,17-18,21,23,36-37,40-41H,3-4,6,8-10,15-16,19-20,22,24-35H2,1-2H3,(H,44,45)/b7-5+,13-11+,14-12+,18-17+,23-21+/t36-,37+/m0/s1. The molecule has 0 amide bonds. The third-order valence-corrected chi connectivity index (χ3v) is 8.36. The van der Waals surface area contributed by atoms with Crippen LogP contribution in [-0.2, 0) is 32.7 Å². The van der Waals surface area contributed by atoms with Crippen molar-refractivity contribution in [2.75, 3.05) is 26.4 Å². The first-order valence-corrected chi connectivity index (χ1v) is 20.2. The van der Waals surface area contributed by atoms with Gasteiger partial charge in [0.15, 0.2) is 6.10 Å². The Morgan fingerprint density at radius 3 is 1.72 bits per heavy atom. The van der Waals surface area contributed by atoms with E-state index in [0.29, 0.717) is 12.8 Å². The van der Waals surface area contributed by atoms with Crippen molar-refractivity contribution in [1.29, 1.82) is 0 Å². The Balaban J connectivity index is 4.49. The number of ether oxygens (including phenoxy) is 2. The molecule has 50 heavy (non-hydrogen) atoms. The zero-order valence-corrected chi connectivity index (χ0v) is 31.7. The first-order valence-electron chi connectivity index (χ1n) is 18.7. The topological polar surface area (TPSA) is 149 Å². The maximum atomic E-state index is 12.5. The van der Waals surface area contributed by atoms with Crippen LogP contribution in [0.5, 0.6) is 0 Å². The van der Waals surface area contributed by atoms with Crippen LogP contribution in [0.3, 0.4) is 0 Å². The molecule has 3 atom stereocenters. The number of unbranched alkanes of at least 4 members (excludes halogenated alkanes) is 10. The minimum absolute atomic E-state index is 0.128. The van der Waals surface area contributed by atoms with Gasteiger partial charge >= 0.3 is 19.8 Å². The summed E-state index contributed by atoms with van der Waals surface area (Å²) in [7, 11) is -4.63. The van der Waals surface area contributed by atoms with E-state index in [9.17, 15) is 24.2 Å². The summed E-state index contributed by atoms with van der Waals surface area (Å²) in [5, 5.41) is 18.3. The molecule has 0 aromatic rings. The Bertz CT molecular complexity index is 1020. The van der Waals surface area contributed by atoms with Gasteiger partial charge in [-0.3, -0.25) is 18.6 Å². The summed E-state index contributed by atoms with van der Waals surface area (Å²) in [5.41, 5.74) is 0. The molecule has 0 rings (SSSR count). The second-order valence-corrected chi connectivity index (χ2v) is 13.7. The summed E-state index contributed by atoms with van der Waals surface area (Å²) in [5.74, 6) is -0.992.